The minimum Gasteiger partial charge on any atom is -0.461 e. The van der Waals surface area contributed by atoms with Crippen molar-refractivity contribution in [1.29, 1.82) is 0 Å². The molecule has 28 heavy (non-hydrogen) atoms. The molecule has 0 saturated heterocycles. The fourth-order valence-corrected chi connectivity index (χ4v) is 4.67. The molecule has 1 aliphatic rings. The molecule has 0 atom stereocenters. The van der Waals surface area contributed by atoms with E-state index in [0.717, 1.165) is 24.0 Å². The number of ketones is 1. The average Bonchev–Trinajstić information content (AvgIpc) is 2.88. The highest BCUT2D eigenvalue weighted by Gasteiger charge is 2.33. The van der Waals surface area contributed by atoms with Crippen molar-refractivity contribution in [2.24, 2.45) is 7.05 Å². The summed E-state index contributed by atoms with van der Waals surface area (Å²) >= 11 is 0. The van der Waals surface area contributed by atoms with Crippen LogP contribution >= 0.6 is 0 Å². The summed E-state index contributed by atoms with van der Waals surface area (Å²) in [6, 6.07) is 2.07. The lowest BCUT2D eigenvalue weighted by molar-refractivity contribution is 0.102. The van der Waals surface area contributed by atoms with Gasteiger partial charge in [0.25, 0.3) is 0 Å². The molecule has 5 heteroatoms. The molecule has 152 valence electrons. The standard InChI is InChI=1S/C23H33N3O2/c1-14-12-18(15(2)20-17(14)10-9-11-23(20,4)5)21(27)19-16(3)24-26(8)22(19)28-13-25(6)7/h12H,9-11,13H2,1-8H3. The van der Waals surface area contributed by atoms with Crippen LogP contribution in [0.2, 0.25) is 0 Å². The Kier molecular flexibility index (Phi) is 5.41. The van der Waals surface area contributed by atoms with Gasteiger partial charge in [-0.2, -0.15) is 5.10 Å². The minimum atomic E-state index is 0.00382. The summed E-state index contributed by atoms with van der Waals surface area (Å²) < 4.78 is 7.59. The molecule has 0 saturated carbocycles. The number of hydrogen-bond acceptors (Lipinski definition) is 4. The summed E-state index contributed by atoms with van der Waals surface area (Å²) in [5, 5.41) is 4.46. The molecular formula is C23H33N3O2. The van der Waals surface area contributed by atoms with E-state index in [1.165, 1.54) is 23.1 Å². The van der Waals surface area contributed by atoms with Crippen molar-refractivity contribution >= 4 is 5.78 Å². The Morgan fingerprint density at radius 2 is 1.96 bits per heavy atom. The molecule has 0 bridgehead atoms. The van der Waals surface area contributed by atoms with Crippen molar-refractivity contribution in [3.05, 3.63) is 45.1 Å². The maximum Gasteiger partial charge on any atom is 0.224 e. The Balaban J connectivity index is 2.14. The zero-order valence-electron chi connectivity index (χ0n) is 18.6. The number of aromatic nitrogens is 2. The summed E-state index contributed by atoms with van der Waals surface area (Å²) in [6.45, 7) is 11.1. The quantitative estimate of drug-likeness (QED) is 0.576. The summed E-state index contributed by atoms with van der Waals surface area (Å²) in [7, 11) is 5.69. The fraction of sp³-hybridized carbons (Fsp3) is 0.565. The van der Waals surface area contributed by atoms with Crippen molar-refractivity contribution in [2.75, 3.05) is 20.8 Å². The third-order valence-corrected chi connectivity index (χ3v) is 5.92. The van der Waals surface area contributed by atoms with Gasteiger partial charge >= 0.3 is 0 Å². The molecule has 0 aliphatic heterocycles. The number of benzene rings is 1. The molecule has 0 unspecified atom stereocenters. The van der Waals surface area contributed by atoms with Crippen LogP contribution in [0.3, 0.4) is 0 Å². The van der Waals surface area contributed by atoms with Gasteiger partial charge in [-0.25, -0.2) is 4.68 Å². The van der Waals surface area contributed by atoms with Gasteiger partial charge in [0.05, 0.1) is 5.69 Å². The van der Waals surface area contributed by atoms with Crippen molar-refractivity contribution in [3.63, 3.8) is 0 Å². The number of carbonyl (C=O) groups is 1. The molecule has 0 amide bonds. The second kappa shape index (κ2) is 7.36. The van der Waals surface area contributed by atoms with Crippen LogP contribution in [0.1, 0.15) is 70.6 Å². The van der Waals surface area contributed by atoms with Gasteiger partial charge in [0.2, 0.25) is 11.7 Å². The molecular weight excluding hydrogens is 350 g/mol. The molecule has 1 aromatic heterocycles. The van der Waals surface area contributed by atoms with E-state index in [0.29, 0.717) is 23.9 Å². The van der Waals surface area contributed by atoms with E-state index in [1.54, 1.807) is 4.68 Å². The predicted molar refractivity (Wildman–Crippen MR) is 112 cm³/mol. The fourth-order valence-electron chi connectivity index (χ4n) is 4.67. The second-order valence-electron chi connectivity index (χ2n) is 9.03. The SMILES string of the molecule is Cc1cc(C(=O)c2c(C)nn(C)c2OCN(C)C)c(C)c2c1CCCC2(C)C. The van der Waals surface area contributed by atoms with E-state index in [9.17, 15) is 4.79 Å². The van der Waals surface area contributed by atoms with Crippen molar-refractivity contribution in [3.8, 4) is 5.88 Å². The third-order valence-electron chi connectivity index (χ3n) is 5.92. The number of carbonyl (C=O) groups excluding carboxylic acids is 1. The largest absolute Gasteiger partial charge is 0.461 e. The molecule has 5 nitrogen and oxygen atoms in total. The average molecular weight is 384 g/mol. The second-order valence-corrected chi connectivity index (χ2v) is 9.03. The number of rotatable bonds is 5. The van der Waals surface area contributed by atoms with E-state index in [1.807, 2.05) is 33.0 Å². The Labute approximate surface area is 168 Å². The van der Waals surface area contributed by atoms with Crippen LogP contribution in [-0.2, 0) is 18.9 Å². The summed E-state index contributed by atoms with van der Waals surface area (Å²) in [5.41, 5.74) is 7.25. The molecule has 3 rings (SSSR count). The lowest BCUT2D eigenvalue weighted by atomic mass is 9.68. The summed E-state index contributed by atoms with van der Waals surface area (Å²) in [4.78, 5) is 15.6. The number of nitrogens with zero attached hydrogens (tertiary/aromatic N) is 3. The summed E-state index contributed by atoms with van der Waals surface area (Å²) in [5.74, 6) is 0.536. The number of fused-ring (bicyclic) bond motifs is 1. The lowest BCUT2D eigenvalue weighted by Gasteiger charge is -2.36. The lowest BCUT2D eigenvalue weighted by Crippen LogP contribution is -2.27. The van der Waals surface area contributed by atoms with Gasteiger partial charge in [0.15, 0.2) is 0 Å². The first-order valence-electron chi connectivity index (χ1n) is 10.0. The highest BCUT2D eigenvalue weighted by Crippen LogP contribution is 2.42. The minimum absolute atomic E-state index is 0.00382. The molecule has 1 heterocycles. The molecule has 1 aromatic carbocycles. The predicted octanol–water partition coefficient (Wildman–Crippen LogP) is 4.09. The van der Waals surface area contributed by atoms with Gasteiger partial charge in [-0.3, -0.25) is 9.69 Å². The van der Waals surface area contributed by atoms with Crippen molar-refractivity contribution in [1.82, 2.24) is 14.7 Å². The Bertz CT molecular complexity index is 923. The van der Waals surface area contributed by atoms with Crippen LogP contribution in [-0.4, -0.2) is 41.3 Å². The van der Waals surface area contributed by atoms with Gasteiger partial charge in [-0.1, -0.05) is 13.8 Å². The molecule has 0 spiro atoms. The van der Waals surface area contributed by atoms with Crippen LogP contribution < -0.4 is 4.74 Å². The van der Waals surface area contributed by atoms with Gasteiger partial charge in [-0.15, -0.1) is 0 Å². The molecule has 2 aromatic rings. The van der Waals surface area contributed by atoms with Gasteiger partial charge in [0, 0.05) is 12.6 Å². The molecule has 0 N–H and O–H groups in total. The summed E-state index contributed by atoms with van der Waals surface area (Å²) in [6.07, 6.45) is 3.46. The van der Waals surface area contributed by atoms with Crippen molar-refractivity contribution in [2.45, 2.75) is 59.3 Å². The zero-order valence-corrected chi connectivity index (χ0v) is 18.6. The molecule has 0 fully saturated rings. The monoisotopic (exact) mass is 383 g/mol. The van der Waals surface area contributed by atoms with Crippen LogP contribution in [0, 0.1) is 20.8 Å². The number of hydrogen-bond donors (Lipinski definition) is 0. The highest BCUT2D eigenvalue weighted by atomic mass is 16.5. The maximum atomic E-state index is 13.7. The van der Waals surface area contributed by atoms with Gasteiger partial charge in [0.1, 0.15) is 12.3 Å². The first-order chi connectivity index (χ1) is 13.0. The van der Waals surface area contributed by atoms with Crippen LogP contribution in [0.5, 0.6) is 5.88 Å². The van der Waals surface area contributed by atoms with E-state index in [2.05, 4.69) is 38.9 Å². The maximum absolute atomic E-state index is 13.7. The molecule has 1 aliphatic carbocycles. The van der Waals surface area contributed by atoms with E-state index >= 15 is 0 Å². The number of aryl methyl sites for hydroxylation is 3. The van der Waals surface area contributed by atoms with Crippen LogP contribution in [0.4, 0.5) is 0 Å². The van der Waals surface area contributed by atoms with E-state index in [4.69, 9.17) is 4.74 Å². The Morgan fingerprint density at radius 1 is 1.29 bits per heavy atom. The Hall–Kier alpha value is -2.14. The van der Waals surface area contributed by atoms with Gasteiger partial charge < -0.3 is 4.74 Å². The zero-order chi connectivity index (χ0) is 20.8. The topological polar surface area (TPSA) is 47.4 Å². The smallest absolute Gasteiger partial charge is 0.224 e. The first kappa shape index (κ1) is 20.6. The van der Waals surface area contributed by atoms with Gasteiger partial charge in [-0.05, 0) is 87.9 Å². The highest BCUT2D eigenvalue weighted by molar-refractivity contribution is 6.12. The third kappa shape index (κ3) is 3.48. The molecule has 0 radical (unpaired) electrons. The van der Waals surface area contributed by atoms with E-state index in [-0.39, 0.29) is 11.2 Å². The van der Waals surface area contributed by atoms with Crippen molar-refractivity contribution < 1.29 is 9.53 Å². The first-order valence-corrected chi connectivity index (χ1v) is 10.0. The normalized spacial score (nSPS) is 15.6. The number of ether oxygens (including phenoxy) is 1. The Morgan fingerprint density at radius 3 is 2.61 bits per heavy atom. The van der Waals surface area contributed by atoms with Crippen LogP contribution in [0.15, 0.2) is 6.07 Å². The van der Waals surface area contributed by atoms with Crippen LogP contribution in [0.25, 0.3) is 0 Å². The van der Waals surface area contributed by atoms with E-state index < -0.39 is 0 Å².